The van der Waals surface area contributed by atoms with E-state index in [4.69, 9.17) is 0 Å². The van der Waals surface area contributed by atoms with Gasteiger partial charge in [0.15, 0.2) is 0 Å². The van der Waals surface area contributed by atoms with Crippen molar-refractivity contribution in [1.82, 2.24) is 10.6 Å². The molecule has 2 rings (SSSR count). The molecule has 0 fully saturated rings. The number of hydrogen-bond acceptors (Lipinski definition) is 5. The SMILES string of the molecule is CC.CC(=O)CC(=O)NCc1ccccc1.CC(C)=O.CCC.CCC(C)=O.CCNC(C)=O.c1ccccc1. The van der Waals surface area contributed by atoms with E-state index in [0.717, 1.165) is 12.1 Å². The molecule has 7 nitrogen and oxygen atoms in total. The number of ketones is 3. The number of rotatable bonds is 6. The molecule has 0 aromatic heterocycles. The zero-order chi connectivity index (χ0) is 32.2. The lowest BCUT2D eigenvalue weighted by atomic mass is 10.2. The molecule has 2 amide bonds. The Balaban J connectivity index is -0.000000133. The Bertz CT molecular complexity index is 808. The van der Waals surface area contributed by atoms with Crippen LogP contribution in [0.25, 0.3) is 0 Å². The molecule has 0 spiro atoms. The predicted octanol–water partition coefficient (Wildman–Crippen LogP) is 7.13. The molecule has 0 saturated heterocycles. The zero-order valence-electron chi connectivity index (χ0n) is 26.9. The van der Waals surface area contributed by atoms with Crippen LogP contribution in [0.15, 0.2) is 66.7 Å². The number of nitrogens with one attached hydrogen (secondary N) is 2. The van der Waals surface area contributed by atoms with Gasteiger partial charge in [-0.1, -0.05) is 108 Å². The largest absolute Gasteiger partial charge is 0.357 e. The maximum absolute atomic E-state index is 11.1. The molecule has 0 atom stereocenters. The monoisotopic (exact) mass is 560 g/mol. The molecular weight excluding hydrogens is 504 g/mol. The summed E-state index contributed by atoms with van der Waals surface area (Å²) < 4.78 is 0. The lowest BCUT2D eigenvalue weighted by molar-refractivity contribution is -0.127. The molecule has 0 radical (unpaired) electrons. The summed E-state index contributed by atoms with van der Waals surface area (Å²) in [4.78, 5) is 50.9. The molecule has 0 bridgehead atoms. The maximum Gasteiger partial charge on any atom is 0.227 e. The minimum Gasteiger partial charge on any atom is -0.357 e. The fourth-order valence-corrected chi connectivity index (χ4v) is 1.72. The van der Waals surface area contributed by atoms with Crippen molar-refractivity contribution in [3.8, 4) is 0 Å². The second kappa shape index (κ2) is 39.9. The van der Waals surface area contributed by atoms with Crippen LogP contribution in [0.4, 0.5) is 0 Å². The maximum atomic E-state index is 11.1. The van der Waals surface area contributed by atoms with Gasteiger partial charge in [0, 0.05) is 26.4 Å². The average Bonchev–Trinajstić information content (AvgIpc) is 2.91. The van der Waals surface area contributed by atoms with Gasteiger partial charge in [-0.05, 0) is 40.2 Å². The number of amides is 2. The Hall–Kier alpha value is -3.61. The van der Waals surface area contributed by atoms with E-state index in [1.807, 2.05) is 94.4 Å². The van der Waals surface area contributed by atoms with Crippen molar-refractivity contribution in [3.05, 3.63) is 72.3 Å². The number of carbonyl (C=O) groups excluding carboxylic acids is 5. The van der Waals surface area contributed by atoms with Crippen molar-refractivity contribution in [2.24, 2.45) is 0 Å². The fraction of sp³-hybridized carbons (Fsp3) is 0.485. The molecule has 2 aromatic carbocycles. The van der Waals surface area contributed by atoms with Crippen LogP contribution in [0.3, 0.4) is 0 Å². The van der Waals surface area contributed by atoms with Gasteiger partial charge in [-0.3, -0.25) is 14.4 Å². The molecule has 7 heteroatoms. The standard InChI is InChI=1S/C11H13NO2.C6H6.C4H9NO.C4H8O.C3H6O.C3H8.C2H6/c1-9(13)7-11(14)12-8-10-5-3-2-4-6-10;1-2-4-6-5-3-1;1-3-5-4(2)6;1-3-4(2)5;1-3(2)4;1-3-2;1-2/h2-6H,7-8H2,1H3,(H,12,14);1-6H;3H2,1-2H3,(H,5,6);3H2,1-2H3;1-2H3;3H2,1-2H3;1-2H3. The first-order valence-corrected chi connectivity index (χ1v) is 13.9. The second-order valence-electron chi connectivity index (χ2n) is 8.05. The molecule has 2 aromatic rings. The van der Waals surface area contributed by atoms with Crippen molar-refractivity contribution >= 4 is 29.2 Å². The van der Waals surface area contributed by atoms with Crippen LogP contribution in [0.5, 0.6) is 0 Å². The Morgan fingerprint density at radius 2 is 0.925 bits per heavy atom. The average molecular weight is 561 g/mol. The fourth-order valence-electron chi connectivity index (χ4n) is 1.72. The van der Waals surface area contributed by atoms with Gasteiger partial charge in [0.05, 0.1) is 6.42 Å². The van der Waals surface area contributed by atoms with Crippen LogP contribution in [-0.2, 0) is 30.5 Å². The molecule has 40 heavy (non-hydrogen) atoms. The van der Waals surface area contributed by atoms with Crippen LogP contribution in [0.2, 0.25) is 0 Å². The van der Waals surface area contributed by atoms with E-state index in [1.54, 1.807) is 6.92 Å². The third-order valence-electron chi connectivity index (χ3n) is 3.33. The van der Waals surface area contributed by atoms with Gasteiger partial charge in [0.25, 0.3) is 0 Å². The van der Waals surface area contributed by atoms with E-state index in [9.17, 15) is 24.0 Å². The highest BCUT2D eigenvalue weighted by atomic mass is 16.2. The van der Waals surface area contributed by atoms with Gasteiger partial charge < -0.3 is 20.2 Å². The van der Waals surface area contributed by atoms with E-state index in [0.29, 0.717) is 13.0 Å². The molecule has 0 heterocycles. The van der Waals surface area contributed by atoms with Crippen LogP contribution in [0.1, 0.15) is 101 Å². The third kappa shape index (κ3) is 64.5. The van der Waals surface area contributed by atoms with E-state index in [1.165, 1.54) is 34.1 Å². The molecule has 2 N–H and O–H groups in total. The highest BCUT2D eigenvalue weighted by molar-refractivity contribution is 5.96. The van der Waals surface area contributed by atoms with Crippen LogP contribution >= 0.6 is 0 Å². The highest BCUT2D eigenvalue weighted by Gasteiger charge is 2.03. The molecule has 228 valence electrons. The Morgan fingerprint density at radius 3 is 1.15 bits per heavy atom. The minimum absolute atomic E-state index is 0.0349. The summed E-state index contributed by atoms with van der Waals surface area (Å²) in [5, 5.41) is 5.24. The Labute approximate surface area is 244 Å². The Morgan fingerprint density at radius 1 is 0.600 bits per heavy atom. The number of benzene rings is 2. The molecule has 0 aliphatic rings. The van der Waals surface area contributed by atoms with E-state index in [2.05, 4.69) is 24.5 Å². The summed E-state index contributed by atoms with van der Waals surface area (Å²) >= 11 is 0. The van der Waals surface area contributed by atoms with E-state index < -0.39 is 0 Å². The van der Waals surface area contributed by atoms with Gasteiger partial charge in [0.2, 0.25) is 11.8 Å². The first-order valence-electron chi connectivity index (χ1n) is 13.9. The van der Waals surface area contributed by atoms with E-state index in [-0.39, 0.29) is 35.6 Å². The topological polar surface area (TPSA) is 109 Å². The van der Waals surface area contributed by atoms with Crippen molar-refractivity contribution < 1.29 is 24.0 Å². The predicted molar refractivity (Wildman–Crippen MR) is 169 cm³/mol. The number of hydrogen-bond donors (Lipinski definition) is 2. The molecule has 0 aliphatic carbocycles. The lowest BCUT2D eigenvalue weighted by Gasteiger charge is -2.03. The second-order valence-corrected chi connectivity index (χ2v) is 8.05. The van der Waals surface area contributed by atoms with Crippen molar-refractivity contribution in [3.63, 3.8) is 0 Å². The number of carbonyl (C=O) groups is 5. The highest BCUT2D eigenvalue weighted by Crippen LogP contribution is 1.97. The van der Waals surface area contributed by atoms with Gasteiger partial charge in [-0.15, -0.1) is 0 Å². The van der Waals surface area contributed by atoms with Gasteiger partial charge >= 0.3 is 0 Å². The zero-order valence-corrected chi connectivity index (χ0v) is 26.9. The van der Waals surface area contributed by atoms with Crippen LogP contribution in [-0.4, -0.2) is 35.7 Å². The first-order chi connectivity index (χ1) is 18.9. The summed E-state index contributed by atoms with van der Waals surface area (Å²) in [6, 6.07) is 21.6. The smallest absolute Gasteiger partial charge is 0.227 e. The minimum atomic E-state index is -0.221. The molecular formula is C33H56N2O5. The lowest BCUT2D eigenvalue weighted by Crippen LogP contribution is -2.24. The van der Waals surface area contributed by atoms with E-state index >= 15 is 0 Å². The summed E-state index contributed by atoms with van der Waals surface area (Å²) in [6.45, 7) is 20.7. The Kier molecular flexibility index (Phi) is 46.1. The number of Topliss-reactive ketones (excluding diaryl/α,β-unsaturated/α-hetero) is 3. The molecule has 0 unspecified atom stereocenters. The molecule has 0 saturated carbocycles. The van der Waals surface area contributed by atoms with Crippen LogP contribution < -0.4 is 10.6 Å². The first kappa shape index (κ1) is 46.3. The quantitative estimate of drug-likeness (QED) is 0.365. The van der Waals surface area contributed by atoms with Crippen molar-refractivity contribution in [2.75, 3.05) is 6.54 Å². The van der Waals surface area contributed by atoms with Gasteiger partial charge in [0.1, 0.15) is 17.3 Å². The van der Waals surface area contributed by atoms with Gasteiger partial charge in [-0.2, -0.15) is 0 Å². The normalized spacial score (nSPS) is 7.88. The van der Waals surface area contributed by atoms with Crippen molar-refractivity contribution in [2.45, 2.75) is 102 Å². The summed E-state index contributed by atoms with van der Waals surface area (Å²) in [5.74, 6) is 0.124. The summed E-state index contributed by atoms with van der Waals surface area (Å²) in [6.07, 6.45) is 1.88. The van der Waals surface area contributed by atoms with Crippen molar-refractivity contribution in [1.29, 1.82) is 0 Å². The third-order valence-corrected chi connectivity index (χ3v) is 3.33. The molecule has 0 aliphatic heterocycles. The van der Waals surface area contributed by atoms with Crippen LogP contribution in [0, 0.1) is 0 Å². The summed E-state index contributed by atoms with van der Waals surface area (Å²) in [5.41, 5.74) is 1.03. The summed E-state index contributed by atoms with van der Waals surface area (Å²) in [7, 11) is 0. The van der Waals surface area contributed by atoms with Gasteiger partial charge in [-0.25, -0.2) is 0 Å².